The molecule has 0 N–H and O–H groups in total. The lowest BCUT2D eigenvalue weighted by Gasteiger charge is -2.16. The summed E-state index contributed by atoms with van der Waals surface area (Å²) in [4.78, 5) is 12.6. The van der Waals surface area contributed by atoms with Gasteiger partial charge in [-0.25, -0.2) is 0 Å². The molecule has 0 radical (unpaired) electrons. The molecule has 4 aromatic rings. The molecule has 1 saturated carbocycles. The van der Waals surface area contributed by atoms with Gasteiger partial charge in [-0.2, -0.15) is 5.26 Å². The number of nitriles is 1. The Labute approximate surface area is 178 Å². The van der Waals surface area contributed by atoms with E-state index in [0.717, 1.165) is 45.4 Å². The van der Waals surface area contributed by atoms with Gasteiger partial charge in [-0.05, 0) is 61.0 Å². The number of benzene rings is 2. The van der Waals surface area contributed by atoms with Crippen LogP contribution in [0.15, 0.2) is 64.9 Å². The van der Waals surface area contributed by atoms with Crippen LogP contribution in [0.2, 0.25) is 0 Å². The molecule has 1 aliphatic carbocycles. The minimum absolute atomic E-state index is 0.00315. The van der Waals surface area contributed by atoms with Crippen molar-refractivity contribution in [2.24, 2.45) is 7.05 Å². The smallest absolute Gasteiger partial charge is 0.268 e. The fraction of sp³-hybridized carbons (Fsp3) is 0.200. The first-order valence-electron chi connectivity index (χ1n) is 9.88. The molecule has 5 heteroatoms. The van der Waals surface area contributed by atoms with Crippen molar-refractivity contribution in [1.29, 1.82) is 5.26 Å². The number of thiophene rings is 1. The molecule has 2 aromatic heterocycles. The summed E-state index contributed by atoms with van der Waals surface area (Å²) in [5.41, 5.74) is 3.61. The maximum atomic E-state index is 12.6. The number of nitrogens with zero attached hydrogens (tertiary/aromatic N) is 2. The minimum atomic E-state index is -0.397. The number of rotatable bonds is 4. The van der Waals surface area contributed by atoms with Gasteiger partial charge in [0, 0.05) is 29.8 Å². The normalized spacial score (nSPS) is 14.4. The summed E-state index contributed by atoms with van der Waals surface area (Å²) in [7, 11) is 1.77. The van der Waals surface area contributed by atoms with Crippen molar-refractivity contribution in [3.63, 3.8) is 0 Å². The standard InChI is InChI=1S/C25H20N2O2S/c1-16-3-6-18(7-4-16)29-22-8-5-17(25(15-26)10-11-25)13-20(22)21-14-27(2)24(28)23-19(21)9-12-30-23/h3-9,12-14H,10-11H2,1-2H3. The molecule has 0 unspecified atom stereocenters. The Bertz CT molecular complexity index is 1370. The highest BCUT2D eigenvalue weighted by atomic mass is 32.1. The van der Waals surface area contributed by atoms with Crippen LogP contribution in [0.3, 0.4) is 0 Å². The second kappa shape index (κ2) is 6.86. The van der Waals surface area contributed by atoms with Crippen molar-refractivity contribution < 1.29 is 4.74 Å². The molecule has 0 spiro atoms. The summed E-state index contributed by atoms with van der Waals surface area (Å²) < 4.78 is 8.61. The summed E-state index contributed by atoms with van der Waals surface area (Å²) in [6.45, 7) is 2.04. The average molecular weight is 413 g/mol. The highest BCUT2D eigenvalue weighted by Crippen LogP contribution is 2.50. The topological polar surface area (TPSA) is 55.0 Å². The summed E-state index contributed by atoms with van der Waals surface area (Å²) in [6, 6.07) is 18.4. The van der Waals surface area contributed by atoms with Gasteiger partial charge < -0.3 is 9.30 Å². The summed E-state index contributed by atoms with van der Waals surface area (Å²) in [5, 5.41) is 12.6. The molecule has 1 aliphatic rings. The Morgan fingerprint density at radius 3 is 2.57 bits per heavy atom. The lowest BCUT2D eigenvalue weighted by Crippen LogP contribution is -2.15. The van der Waals surface area contributed by atoms with E-state index < -0.39 is 5.41 Å². The lowest BCUT2D eigenvalue weighted by molar-refractivity contribution is 0.484. The van der Waals surface area contributed by atoms with Crippen LogP contribution in [0.25, 0.3) is 21.2 Å². The van der Waals surface area contributed by atoms with E-state index in [2.05, 4.69) is 12.1 Å². The molecule has 0 saturated heterocycles. The van der Waals surface area contributed by atoms with Crippen molar-refractivity contribution in [2.45, 2.75) is 25.2 Å². The Kier molecular flexibility index (Phi) is 4.27. The van der Waals surface area contributed by atoms with Gasteiger partial charge >= 0.3 is 0 Å². The van der Waals surface area contributed by atoms with E-state index in [4.69, 9.17) is 4.74 Å². The number of aryl methyl sites for hydroxylation is 2. The van der Waals surface area contributed by atoms with Gasteiger partial charge in [-0.1, -0.05) is 23.8 Å². The number of pyridine rings is 1. The lowest BCUT2D eigenvalue weighted by atomic mass is 9.92. The summed E-state index contributed by atoms with van der Waals surface area (Å²) in [6.07, 6.45) is 3.62. The predicted octanol–water partition coefficient (Wildman–Crippen LogP) is 5.92. The molecule has 4 nitrogen and oxygen atoms in total. The molecule has 0 atom stereocenters. The molecule has 0 aliphatic heterocycles. The van der Waals surface area contributed by atoms with Crippen molar-refractivity contribution in [3.05, 3.63) is 81.6 Å². The zero-order valence-electron chi connectivity index (χ0n) is 16.8. The van der Waals surface area contributed by atoms with E-state index in [1.165, 1.54) is 16.9 Å². The molecule has 148 valence electrons. The third kappa shape index (κ3) is 3.01. The van der Waals surface area contributed by atoms with Gasteiger partial charge in [0.25, 0.3) is 5.56 Å². The average Bonchev–Trinajstić information content (AvgIpc) is 3.40. The highest BCUT2D eigenvalue weighted by molar-refractivity contribution is 7.17. The zero-order valence-corrected chi connectivity index (χ0v) is 17.6. The second-order valence-corrected chi connectivity index (χ2v) is 8.86. The Balaban J connectivity index is 1.72. The number of fused-ring (bicyclic) bond motifs is 1. The molecule has 2 heterocycles. The Morgan fingerprint density at radius 2 is 1.87 bits per heavy atom. The fourth-order valence-corrected chi connectivity index (χ4v) is 4.72. The van der Waals surface area contributed by atoms with Gasteiger partial charge in [0.05, 0.1) is 11.5 Å². The third-order valence-corrected chi connectivity index (χ3v) is 6.73. The molecule has 2 aromatic carbocycles. The SMILES string of the molecule is Cc1ccc(Oc2ccc(C3(C#N)CC3)cc2-c2cn(C)c(=O)c3sccc23)cc1. The monoisotopic (exact) mass is 412 g/mol. The van der Waals surface area contributed by atoms with Gasteiger partial charge in [-0.15, -0.1) is 11.3 Å². The van der Waals surface area contributed by atoms with Crippen LogP contribution in [-0.2, 0) is 12.5 Å². The first-order valence-corrected chi connectivity index (χ1v) is 10.8. The number of hydrogen-bond acceptors (Lipinski definition) is 4. The van der Waals surface area contributed by atoms with Crippen LogP contribution in [0, 0.1) is 18.3 Å². The quantitative estimate of drug-likeness (QED) is 0.418. The largest absolute Gasteiger partial charge is 0.457 e. The van der Waals surface area contributed by atoms with Crippen LogP contribution < -0.4 is 10.3 Å². The Hall–Kier alpha value is -3.36. The van der Waals surface area contributed by atoms with E-state index in [-0.39, 0.29) is 5.56 Å². The van der Waals surface area contributed by atoms with Crippen LogP contribution >= 0.6 is 11.3 Å². The number of ether oxygens (including phenoxy) is 1. The number of aromatic nitrogens is 1. The minimum Gasteiger partial charge on any atom is -0.457 e. The van der Waals surface area contributed by atoms with Crippen LogP contribution in [0.4, 0.5) is 0 Å². The molecular weight excluding hydrogens is 392 g/mol. The van der Waals surface area contributed by atoms with Crippen molar-refractivity contribution in [3.8, 4) is 28.7 Å². The maximum Gasteiger partial charge on any atom is 0.268 e. The van der Waals surface area contributed by atoms with Crippen LogP contribution in [-0.4, -0.2) is 4.57 Å². The van der Waals surface area contributed by atoms with E-state index in [1.807, 2.05) is 61.0 Å². The first-order chi connectivity index (χ1) is 14.5. The van der Waals surface area contributed by atoms with Gasteiger partial charge in [0.15, 0.2) is 0 Å². The van der Waals surface area contributed by atoms with Crippen LogP contribution in [0.1, 0.15) is 24.0 Å². The van der Waals surface area contributed by atoms with E-state index in [9.17, 15) is 10.1 Å². The molecular formula is C25H20N2O2S. The third-order valence-electron chi connectivity index (χ3n) is 5.83. The van der Waals surface area contributed by atoms with Crippen molar-refractivity contribution in [2.75, 3.05) is 0 Å². The summed E-state index contributed by atoms with van der Waals surface area (Å²) >= 11 is 1.45. The van der Waals surface area contributed by atoms with E-state index >= 15 is 0 Å². The van der Waals surface area contributed by atoms with Gasteiger partial charge in [-0.3, -0.25) is 4.79 Å². The van der Waals surface area contributed by atoms with E-state index in [0.29, 0.717) is 5.75 Å². The molecule has 5 rings (SSSR count). The van der Waals surface area contributed by atoms with Gasteiger partial charge in [0.2, 0.25) is 0 Å². The van der Waals surface area contributed by atoms with E-state index in [1.54, 1.807) is 11.6 Å². The summed E-state index contributed by atoms with van der Waals surface area (Å²) in [5.74, 6) is 1.46. The molecule has 1 fully saturated rings. The zero-order chi connectivity index (χ0) is 20.9. The predicted molar refractivity (Wildman–Crippen MR) is 120 cm³/mol. The van der Waals surface area contributed by atoms with Crippen molar-refractivity contribution in [1.82, 2.24) is 4.57 Å². The molecule has 0 bridgehead atoms. The highest BCUT2D eigenvalue weighted by Gasteiger charge is 2.45. The molecule has 30 heavy (non-hydrogen) atoms. The Morgan fingerprint density at radius 1 is 1.10 bits per heavy atom. The molecule has 0 amide bonds. The van der Waals surface area contributed by atoms with Crippen LogP contribution in [0.5, 0.6) is 11.5 Å². The fourth-order valence-electron chi connectivity index (χ4n) is 3.83. The maximum absolute atomic E-state index is 12.6. The number of hydrogen-bond donors (Lipinski definition) is 0. The second-order valence-electron chi connectivity index (χ2n) is 7.94. The first kappa shape index (κ1) is 18.7. The van der Waals surface area contributed by atoms with Crippen molar-refractivity contribution >= 4 is 21.4 Å². The van der Waals surface area contributed by atoms with Gasteiger partial charge in [0.1, 0.15) is 16.2 Å².